The van der Waals surface area contributed by atoms with Gasteiger partial charge in [-0.25, -0.2) is 4.79 Å². The molecule has 0 aliphatic heterocycles. The van der Waals surface area contributed by atoms with Crippen molar-refractivity contribution in [3.8, 4) is 0 Å². The lowest BCUT2D eigenvalue weighted by Crippen LogP contribution is -2.53. The van der Waals surface area contributed by atoms with E-state index in [4.69, 9.17) is 15.1 Å². The Hall–Kier alpha value is -1.93. The lowest BCUT2D eigenvalue weighted by molar-refractivity contribution is -0.143. The van der Waals surface area contributed by atoms with E-state index >= 15 is 0 Å². The van der Waals surface area contributed by atoms with Gasteiger partial charge in [0.1, 0.15) is 6.04 Å². The van der Waals surface area contributed by atoms with Crippen LogP contribution in [0.15, 0.2) is 16.8 Å². The Morgan fingerprint density at radius 1 is 1.15 bits per heavy atom. The van der Waals surface area contributed by atoms with Gasteiger partial charge in [0.2, 0.25) is 0 Å². The number of carbonyl (C=O) groups excluding carboxylic acids is 1. The second-order valence-corrected chi connectivity index (χ2v) is 11.3. The minimum atomic E-state index is -1.35. The molecule has 33 heavy (non-hydrogen) atoms. The zero-order valence-corrected chi connectivity index (χ0v) is 20.0. The number of hydrogen-bond acceptors (Lipinski definition) is 6. The summed E-state index contributed by atoms with van der Waals surface area (Å²) in [6, 6.07) is -1.35. The van der Waals surface area contributed by atoms with Gasteiger partial charge in [0.05, 0.1) is 17.9 Å². The predicted octanol–water partition coefficient (Wildman–Crippen LogP) is 2.63. The minimum Gasteiger partial charge on any atom is -0.480 e. The van der Waals surface area contributed by atoms with E-state index in [1.54, 1.807) is 0 Å². The number of nitrogens with zero attached hydrogens (tertiary/aromatic N) is 1. The maximum absolute atomic E-state index is 11.8. The summed E-state index contributed by atoms with van der Waals surface area (Å²) in [5.74, 6) is -0.0492. The largest absolute Gasteiger partial charge is 0.480 e. The molecule has 0 spiro atoms. The Bertz CT molecular complexity index is 867. The molecule has 0 aromatic carbocycles. The number of nitrogens with one attached hydrogen (secondary N) is 1. The van der Waals surface area contributed by atoms with E-state index in [0.717, 1.165) is 57.1 Å². The molecule has 0 bridgehead atoms. The fraction of sp³-hybridized carbons (Fsp3) is 0.800. The number of carbonyl (C=O) groups is 2. The Labute approximate surface area is 195 Å². The van der Waals surface area contributed by atoms with Gasteiger partial charge < -0.3 is 25.5 Å². The summed E-state index contributed by atoms with van der Waals surface area (Å²) in [5, 5.41) is 35.3. The van der Waals surface area contributed by atoms with E-state index in [-0.39, 0.29) is 10.8 Å². The van der Waals surface area contributed by atoms with Gasteiger partial charge in [-0.3, -0.25) is 4.79 Å². The van der Waals surface area contributed by atoms with Gasteiger partial charge in [0, 0.05) is 0 Å². The van der Waals surface area contributed by atoms with Gasteiger partial charge >= 0.3 is 5.97 Å². The summed E-state index contributed by atoms with van der Waals surface area (Å²) >= 11 is 0. The van der Waals surface area contributed by atoms with Crippen molar-refractivity contribution in [2.45, 2.75) is 83.8 Å². The van der Waals surface area contributed by atoms with Crippen molar-refractivity contribution in [2.24, 2.45) is 33.7 Å². The number of aliphatic hydroxyl groups excluding tert-OH is 1. The number of amides is 1. The number of aliphatic carboxylic acids is 1. The number of oxime groups is 1. The molecule has 1 amide bonds. The van der Waals surface area contributed by atoms with Crippen LogP contribution in [0.25, 0.3) is 0 Å². The van der Waals surface area contributed by atoms with E-state index in [0.29, 0.717) is 17.8 Å². The van der Waals surface area contributed by atoms with Crippen LogP contribution in [0.5, 0.6) is 0 Å². The smallest absolute Gasteiger partial charge is 0.328 e. The van der Waals surface area contributed by atoms with Crippen LogP contribution in [0.2, 0.25) is 0 Å². The van der Waals surface area contributed by atoms with Crippen LogP contribution in [0.4, 0.5) is 0 Å². The molecule has 4 aliphatic rings. The van der Waals surface area contributed by atoms with Crippen LogP contribution >= 0.6 is 0 Å². The van der Waals surface area contributed by atoms with Crippen LogP contribution in [0.1, 0.15) is 72.1 Å². The van der Waals surface area contributed by atoms with Crippen LogP contribution in [0.3, 0.4) is 0 Å². The second-order valence-electron chi connectivity index (χ2n) is 11.3. The summed E-state index contributed by atoms with van der Waals surface area (Å²) in [7, 11) is 0. The third-order valence-electron chi connectivity index (χ3n) is 9.73. The predicted molar refractivity (Wildman–Crippen MR) is 122 cm³/mol. The third kappa shape index (κ3) is 4.09. The number of aliphatic hydroxyl groups is 2. The maximum Gasteiger partial charge on any atom is 0.328 e. The summed E-state index contributed by atoms with van der Waals surface area (Å²) < 4.78 is 0. The maximum atomic E-state index is 11.8. The molecule has 0 aromatic heterocycles. The van der Waals surface area contributed by atoms with E-state index in [1.807, 2.05) is 6.92 Å². The molecule has 0 heterocycles. The standard InChI is InChI=1S/C25H38N2O6/c1-23-9-6-16(27-33-14-21(29)26-20(13-28)22(30)31)12-15(23)4-5-17-18(23)7-10-24(2)19(17)8-11-25(24,3)32/h12,17-20,28,32H,4-11,13-14H2,1-3H3,(H,26,29)(H,30,31)/t17-,18+,19+,20?,23+,24+,25+/m1/s1. The molecule has 8 heteroatoms. The van der Waals surface area contributed by atoms with Gasteiger partial charge in [-0.2, -0.15) is 0 Å². The molecule has 3 fully saturated rings. The number of rotatable bonds is 6. The summed E-state index contributed by atoms with van der Waals surface area (Å²) in [4.78, 5) is 27.9. The first-order chi connectivity index (χ1) is 15.5. The monoisotopic (exact) mass is 462 g/mol. The number of allylic oxidation sites excluding steroid dienone is 2. The van der Waals surface area contributed by atoms with Crippen molar-refractivity contribution in [3.63, 3.8) is 0 Å². The third-order valence-corrected chi connectivity index (χ3v) is 9.73. The zero-order valence-electron chi connectivity index (χ0n) is 20.0. The average molecular weight is 463 g/mol. The Kier molecular flexibility index (Phi) is 6.37. The molecule has 8 nitrogen and oxygen atoms in total. The average Bonchev–Trinajstić information content (AvgIpc) is 3.01. The number of carboxylic acids is 1. The molecule has 4 rings (SSSR count). The molecular weight excluding hydrogens is 424 g/mol. The van der Waals surface area contributed by atoms with Gasteiger partial charge in [0.25, 0.3) is 5.91 Å². The van der Waals surface area contributed by atoms with E-state index < -0.39 is 36.7 Å². The fourth-order valence-electron chi connectivity index (χ4n) is 7.48. The molecular formula is C25H38N2O6. The topological polar surface area (TPSA) is 128 Å². The van der Waals surface area contributed by atoms with Crippen molar-refractivity contribution in [1.29, 1.82) is 0 Å². The highest BCUT2D eigenvalue weighted by molar-refractivity contribution is 5.96. The van der Waals surface area contributed by atoms with Crippen LogP contribution in [0, 0.1) is 28.6 Å². The second kappa shape index (κ2) is 8.69. The van der Waals surface area contributed by atoms with E-state index in [9.17, 15) is 14.7 Å². The molecule has 0 radical (unpaired) electrons. The first-order valence-electron chi connectivity index (χ1n) is 12.3. The molecule has 7 atom stereocenters. The highest BCUT2D eigenvalue weighted by Gasteiger charge is 2.62. The Morgan fingerprint density at radius 2 is 1.88 bits per heavy atom. The van der Waals surface area contributed by atoms with Crippen molar-refractivity contribution < 1.29 is 29.7 Å². The molecule has 4 aliphatic carbocycles. The van der Waals surface area contributed by atoms with Crippen LogP contribution in [-0.2, 0) is 14.4 Å². The van der Waals surface area contributed by atoms with E-state index in [1.165, 1.54) is 5.57 Å². The molecule has 4 N–H and O–H groups in total. The van der Waals surface area contributed by atoms with Gasteiger partial charge in [-0.05, 0) is 93.0 Å². The lowest BCUT2D eigenvalue weighted by atomic mass is 9.46. The Balaban J connectivity index is 1.41. The summed E-state index contributed by atoms with van der Waals surface area (Å²) in [5.41, 5.74) is 1.84. The molecule has 1 unspecified atom stereocenters. The van der Waals surface area contributed by atoms with Crippen molar-refractivity contribution in [3.05, 3.63) is 11.6 Å². The number of fused-ring (bicyclic) bond motifs is 5. The highest BCUT2D eigenvalue weighted by atomic mass is 16.6. The normalized spacial score (nSPS) is 41.9. The van der Waals surface area contributed by atoms with Gasteiger partial charge in [-0.1, -0.05) is 24.6 Å². The quantitative estimate of drug-likeness (QED) is 0.449. The number of carboxylic acid groups (broad SMARTS) is 1. The number of hydrogen-bond donors (Lipinski definition) is 4. The Morgan fingerprint density at radius 3 is 2.58 bits per heavy atom. The molecule has 0 saturated heterocycles. The lowest BCUT2D eigenvalue weighted by Gasteiger charge is -2.59. The van der Waals surface area contributed by atoms with Crippen molar-refractivity contribution in [2.75, 3.05) is 13.2 Å². The first kappa shape index (κ1) is 24.2. The van der Waals surface area contributed by atoms with E-state index in [2.05, 4.69) is 30.4 Å². The van der Waals surface area contributed by atoms with Gasteiger partial charge in [0.15, 0.2) is 6.61 Å². The highest BCUT2D eigenvalue weighted by Crippen LogP contribution is 2.67. The molecule has 0 aromatic rings. The zero-order chi connectivity index (χ0) is 24.0. The summed E-state index contributed by atoms with van der Waals surface area (Å²) in [6.07, 6.45) is 10.4. The molecule has 3 saturated carbocycles. The summed E-state index contributed by atoms with van der Waals surface area (Å²) in [6.45, 7) is 5.68. The van der Waals surface area contributed by atoms with Crippen molar-refractivity contribution >= 4 is 17.6 Å². The SMILES string of the molecule is C[C@]12CCC(=NOCC(=O)NC(CO)C(=O)O)C=C1CC[C@@H]1[C@@H]2CC[C@@]2(C)[C@H]1CC[C@]2(C)O. The minimum absolute atomic E-state index is 0.0249. The fourth-order valence-corrected chi connectivity index (χ4v) is 7.48. The first-order valence-corrected chi connectivity index (χ1v) is 12.3. The van der Waals surface area contributed by atoms with Crippen LogP contribution < -0.4 is 5.32 Å². The van der Waals surface area contributed by atoms with Crippen LogP contribution in [-0.4, -0.2) is 57.8 Å². The van der Waals surface area contributed by atoms with Crippen molar-refractivity contribution in [1.82, 2.24) is 5.32 Å². The molecule has 184 valence electrons. The van der Waals surface area contributed by atoms with Gasteiger partial charge in [-0.15, -0.1) is 0 Å².